The van der Waals surface area contributed by atoms with Gasteiger partial charge in [-0.2, -0.15) is 0 Å². The standard InChI is InChI=1S/C6H11N.C3H8.C2H6/c1-6-4-2-3-5-7-6;1-3-2;1-2/h2-5H2,1H3;3H2,1-2H3;1-2H3. The van der Waals surface area contributed by atoms with E-state index in [1.165, 1.54) is 31.4 Å². The third-order valence-corrected chi connectivity index (χ3v) is 1.33. The van der Waals surface area contributed by atoms with Crippen LogP contribution in [0.3, 0.4) is 0 Å². The van der Waals surface area contributed by atoms with Crippen molar-refractivity contribution in [3.8, 4) is 0 Å². The average Bonchev–Trinajstić information content (AvgIpc) is 2.11. The van der Waals surface area contributed by atoms with E-state index in [0.717, 1.165) is 6.54 Å². The van der Waals surface area contributed by atoms with Crippen LogP contribution in [0.1, 0.15) is 60.3 Å². The van der Waals surface area contributed by atoms with E-state index in [-0.39, 0.29) is 0 Å². The molecule has 0 fully saturated rings. The maximum absolute atomic E-state index is 4.25. The number of aliphatic imine (C=N–C) groups is 1. The molecule has 0 saturated heterocycles. The van der Waals surface area contributed by atoms with Crippen LogP contribution in [0.25, 0.3) is 0 Å². The van der Waals surface area contributed by atoms with Crippen LogP contribution in [0.4, 0.5) is 0 Å². The van der Waals surface area contributed by atoms with Gasteiger partial charge in [-0.15, -0.1) is 0 Å². The molecule has 0 radical (unpaired) electrons. The molecule has 1 aliphatic rings. The van der Waals surface area contributed by atoms with E-state index in [4.69, 9.17) is 0 Å². The molecule has 0 N–H and O–H groups in total. The molecule has 1 heteroatoms. The quantitative estimate of drug-likeness (QED) is 0.521. The Morgan fingerprint density at radius 1 is 1.17 bits per heavy atom. The lowest BCUT2D eigenvalue weighted by Crippen LogP contribution is -1.99. The predicted octanol–water partition coefficient (Wildman–Crippen LogP) is 4.07. The molecule has 0 aliphatic carbocycles. The van der Waals surface area contributed by atoms with E-state index in [2.05, 4.69) is 25.8 Å². The Balaban J connectivity index is 0. The number of hydrogen-bond donors (Lipinski definition) is 0. The fourth-order valence-corrected chi connectivity index (χ4v) is 0.842. The Labute approximate surface area is 78.3 Å². The molecule has 0 unspecified atom stereocenters. The monoisotopic (exact) mass is 171 g/mol. The van der Waals surface area contributed by atoms with Crippen molar-refractivity contribution in [2.24, 2.45) is 4.99 Å². The van der Waals surface area contributed by atoms with Crippen LogP contribution >= 0.6 is 0 Å². The smallest absolute Gasteiger partial charge is 0.0388 e. The molecule has 1 aliphatic heterocycles. The first-order chi connectivity index (χ1) is 5.81. The molecule has 74 valence electrons. The van der Waals surface area contributed by atoms with E-state index in [9.17, 15) is 0 Å². The van der Waals surface area contributed by atoms with Crippen molar-refractivity contribution in [3.63, 3.8) is 0 Å². The summed E-state index contributed by atoms with van der Waals surface area (Å²) in [6.45, 7) is 11.4. The first-order valence-electron chi connectivity index (χ1n) is 5.31. The lowest BCUT2D eigenvalue weighted by Gasteiger charge is -2.04. The minimum absolute atomic E-state index is 1.08. The highest BCUT2D eigenvalue weighted by Crippen LogP contribution is 2.03. The van der Waals surface area contributed by atoms with Crippen molar-refractivity contribution in [1.29, 1.82) is 0 Å². The Bertz CT molecular complexity index is 95.2. The van der Waals surface area contributed by atoms with Crippen molar-refractivity contribution in [1.82, 2.24) is 0 Å². The summed E-state index contributed by atoms with van der Waals surface area (Å²) in [5.74, 6) is 0. The third kappa shape index (κ3) is 12.4. The molecule has 12 heavy (non-hydrogen) atoms. The van der Waals surface area contributed by atoms with Crippen LogP contribution in [0.2, 0.25) is 0 Å². The van der Waals surface area contributed by atoms with Gasteiger partial charge < -0.3 is 0 Å². The highest BCUT2D eigenvalue weighted by atomic mass is 14.7. The summed E-state index contributed by atoms with van der Waals surface area (Å²) in [4.78, 5) is 4.25. The third-order valence-electron chi connectivity index (χ3n) is 1.33. The minimum atomic E-state index is 1.08. The SMILES string of the molecule is CC.CC1=NCCCC1.CCC. The summed E-state index contributed by atoms with van der Waals surface area (Å²) < 4.78 is 0. The van der Waals surface area contributed by atoms with E-state index < -0.39 is 0 Å². The summed E-state index contributed by atoms with van der Waals surface area (Å²) in [7, 11) is 0. The maximum Gasteiger partial charge on any atom is 0.0388 e. The topological polar surface area (TPSA) is 12.4 Å². The maximum atomic E-state index is 4.25. The zero-order valence-electron chi connectivity index (χ0n) is 9.48. The molecule has 0 bridgehead atoms. The van der Waals surface area contributed by atoms with Crippen LogP contribution < -0.4 is 0 Å². The zero-order valence-corrected chi connectivity index (χ0v) is 9.48. The van der Waals surface area contributed by atoms with Gasteiger partial charge in [0.15, 0.2) is 0 Å². The fraction of sp³-hybridized carbons (Fsp3) is 0.909. The normalized spacial score (nSPS) is 14.6. The van der Waals surface area contributed by atoms with E-state index >= 15 is 0 Å². The Hall–Kier alpha value is -0.330. The van der Waals surface area contributed by atoms with Crippen molar-refractivity contribution in [2.75, 3.05) is 6.54 Å². The second-order valence-electron chi connectivity index (χ2n) is 2.78. The van der Waals surface area contributed by atoms with E-state index in [1.54, 1.807) is 0 Å². The molecule has 1 nitrogen and oxygen atoms in total. The predicted molar refractivity (Wildman–Crippen MR) is 59.1 cm³/mol. The average molecular weight is 171 g/mol. The van der Waals surface area contributed by atoms with Gasteiger partial charge in [0.1, 0.15) is 0 Å². The molecule has 0 aromatic rings. The number of rotatable bonds is 0. The Morgan fingerprint density at radius 2 is 1.67 bits per heavy atom. The van der Waals surface area contributed by atoms with Gasteiger partial charge in [-0.25, -0.2) is 0 Å². The van der Waals surface area contributed by atoms with Crippen molar-refractivity contribution >= 4 is 5.71 Å². The van der Waals surface area contributed by atoms with Gasteiger partial charge in [0, 0.05) is 12.3 Å². The molecule has 0 aromatic carbocycles. The van der Waals surface area contributed by atoms with Gasteiger partial charge in [-0.3, -0.25) is 4.99 Å². The zero-order chi connectivity index (χ0) is 9.82. The Morgan fingerprint density at radius 3 is 1.83 bits per heavy atom. The number of hydrogen-bond acceptors (Lipinski definition) is 1. The number of nitrogens with zero attached hydrogens (tertiary/aromatic N) is 1. The van der Waals surface area contributed by atoms with Gasteiger partial charge in [-0.05, 0) is 26.2 Å². The molecule has 0 saturated carbocycles. The molecule has 0 amide bonds. The summed E-state index contributed by atoms with van der Waals surface area (Å²) >= 11 is 0. The summed E-state index contributed by atoms with van der Waals surface area (Å²) in [5, 5.41) is 0. The van der Waals surface area contributed by atoms with E-state index in [0.29, 0.717) is 0 Å². The summed E-state index contributed by atoms with van der Waals surface area (Å²) in [6.07, 6.45) is 5.15. The van der Waals surface area contributed by atoms with Crippen LogP contribution in [0, 0.1) is 0 Å². The van der Waals surface area contributed by atoms with Gasteiger partial charge >= 0.3 is 0 Å². The van der Waals surface area contributed by atoms with Crippen LogP contribution in [0.5, 0.6) is 0 Å². The van der Waals surface area contributed by atoms with Gasteiger partial charge in [0.25, 0.3) is 0 Å². The second kappa shape index (κ2) is 13.3. The lowest BCUT2D eigenvalue weighted by atomic mass is 10.1. The van der Waals surface area contributed by atoms with Crippen molar-refractivity contribution < 1.29 is 0 Å². The fourth-order valence-electron chi connectivity index (χ4n) is 0.842. The van der Waals surface area contributed by atoms with Gasteiger partial charge in [0.2, 0.25) is 0 Å². The first kappa shape index (κ1) is 14.2. The Kier molecular flexibility index (Phi) is 15.7. The molecular weight excluding hydrogens is 146 g/mol. The highest BCUT2D eigenvalue weighted by Gasteiger charge is 1.96. The van der Waals surface area contributed by atoms with Crippen molar-refractivity contribution in [3.05, 3.63) is 0 Å². The molecule has 1 rings (SSSR count). The van der Waals surface area contributed by atoms with Gasteiger partial charge in [-0.1, -0.05) is 34.1 Å². The molecule has 0 atom stereocenters. The minimum Gasteiger partial charge on any atom is -0.294 e. The highest BCUT2D eigenvalue weighted by molar-refractivity contribution is 5.82. The van der Waals surface area contributed by atoms with Crippen LogP contribution in [0.15, 0.2) is 4.99 Å². The molecule has 0 spiro atoms. The van der Waals surface area contributed by atoms with Gasteiger partial charge in [0.05, 0.1) is 0 Å². The van der Waals surface area contributed by atoms with Crippen molar-refractivity contribution in [2.45, 2.75) is 60.3 Å². The molecule has 1 heterocycles. The lowest BCUT2D eigenvalue weighted by molar-refractivity contribution is 0.736. The second-order valence-corrected chi connectivity index (χ2v) is 2.78. The van der Waals surface area contributed by atoms with Crippen LogP contribution in [-0.2, 0) is 0 Å². The summed E-state index contributed by atoms with van der Waals surface area (Å²) in [5.41, 5.74) is 1.34. The summed E-state index contributed by atoms with van der Waals surface area (Å²) in [6, 6.07) is 0. The largest absolute Gasteiger partial charge is 0.294 e. The molecule has 0 aromatic heterocycles. The molecular formula is C11H25N. The van der Waals surface area contributed by atoms with E-state index in [1.807, 2.05) is 13.8 Å². The van der Waals surface area contributed by atoms with Crippen LogP contribution in [-0.4, -0.2) is 12.3 Å². The first-order valence-corrected chi connectivity index (χ1v) is 5.31.